The molecule has 0 heterocycles. The van der Waals surface area contributed by atoms with Gasteiger partial charge in [0.1, 0.15) is 11.9 Å². The summed E-state index contributed by atoms with van der Waals surface area (Å²) in [6, 6.07) is 3.30. The second-order valence-corrected chi connectivity index (χ2v) is 4.93. The first-order valence-corrected chi connectivity index (χ1v) is 6.43. The predicted octanol–water partition coefficient (Wildman–Crippen LogP) is 2.84. The van der Waals surface area contributed by atoms with Gasteiger partial charge in [0, 0.05) is 6.42 Å². The van der Waals surface area contributed by atoms with Crippen LogP contribution >= 0.6 is 0 Å². The third kappa shape index (κ3) is 6.11. The minimum atomic E-state index is -4.70. The Morgan fingerprint density at radius 2 is 1.77 bits per heavy atom. The van der Waals surface area contributed by atoms with E-state index in [1.165, 1.54) is 24.3 Å². The van der Waals surface area contributed by atoms with E-state index in [0.29, 0.717) is 5.56 Å². The fraction of sp³-hybridized carbons (Fsp3) is 0.429. The van der Waals surface area contributed by atoms with E-state index in [1.54, 1.807) is 6.92 Å². The summed E-state index contributed by atoms with van der Waals surface area (Å²) in [6.07, 6.45) is -6.54. The number of hydrogen-bond acceptors (Lipinski definition) is 2. The molecular formula is C14H15F4NO3. The van der Waals surface area contributed by atoms with Crippen LogP contribution < -0.4 is 5.32 Å². The van der Waals surface area contributed by atoms with Crippen LogP contribution in [0.15, 0.2) is 24.3 Å². The molecule has 0 radical (unpaired) electrons. The first-order chi connectivity index (χ1) is 10.1. The number of carbonyl (C=O) groups is 2. The molecule has 122 valence electrons. The lowest BCUT2D eigenvalue weighted by molar-refractivity contribution is -0.160. The maximum Gasteiger partial charge on any atom is 0.391 e. The normalized spacial score (nSPS) is 14.2. The van der Waals surface area contributed by atoms with Crippen molar-refractivity contribution < 1.29 is 32.3 Å². The summed E-state index contributed by atoms with van der Waals surface area (Å²) in [7, 11) is 0. The second-order valence-electron chi connectivity index (χ2n) is 4.93. The molecular weight excluding hydrogens is 306 g/mol. The Hall–Kier alpha value is -2.12. The molecule has 1 amide bonds. The van der Waals surface area contributed by atoms with Gasteiger partial charge >= 0.3 is 12.1 Å². The smallest absolute Gasteiger partial charge is 0.391 e. The minimum Gasteiger partial charge on any atom is -0.480 e. The predicted molar refractivity (Wildman–Crippen MR) is 69.7 cm³/mol. The lowest BCUT2D eigenvalue weighted by atomic mass is 9.97. The van der Waals surface area contributed by atoms with E-state index in [4.69, 9.17) is 5.11 Å². The van der Waals surface area contributed by atoms with E-state index in [1.807, 2.05) is 5.32 Å². The topological polar surface area (TPSA) is 66.4 Å². The molecule has 0 fully saturated rings. The van der Waals surface area contributed by atoms with Crippen LogP contribution in [0.1, 0.15) is 31.2 Å². The summed E-state index contributed by atoms with van der Waals surface area (Å²) in [5.41, 5.74) is 0.624. The van der Waals surface area contributed by atoms with E-state index in [-0.39, 0.29) is 12.3 Å². The number of hydrogen-bond donors (Lipinski definition) is 2. The SMILES string of the molecule is CC(CC(=O)NC(CC(F)(F)F)C(=O)O)c1ccc(F)cc1. The summed E-state index contributed by atoms with van der Waals surface area (Å²) in [5.74, 6) is -3.40. The molecule has 22 heavy (non-hydrogen) atoms. The van der Waals surface area contributed by atoms with Crippen molar-refractivity contribution in [3.8, 4) is 0 Å². The van der Waals surface area contributed by atoms with Crippen molar-refractivity contribution in [1.82, 2.24) is 5.32 Å². The number of rotatable bonds is 6. The van der Waals surface area contributed by atoms with Gasteiger partial charge in [-0.1, -0.05) is 19.1 Å². The van der Waals surface area contributed by atoms with Crippen LogP contribution in [0.25, 0.3) is 0 Å². The summed E-state index contributed by atoms with van der Waals surface area (Å²) in [5, 5.41) is 10.6. The van der Waals surface area contributed by atoms with Crippen LogP contribution in [0.5, 0.6) is 0 Å². The molecule has 1 aromatic rings. The van der Waals surface area contributed by atoms with Gasteiger partial charge in [-0.3, -0.25) is 4.79 Å². The molecule has 0 aliphatic carbocycles. The van der Waals surface area contributed by atoms with Crippen LogP contribution in [0.4, 0.5) is 17.6 Å². The fourth-order valence-electron chi connectivity index (χ4n) is 1.87. The molecule has 4 nitrogen and oxygen atoms in total. The number of carbonyl (C=O) groups excluding carboxylic acids is 1. The van der Waals surface area contributed by atoms with Crippen molar-refractivity contribution in [3.63, 3.8) is 0 Å². The van der Waals surface area contributed by atoms with Gasteiger partial charge in [0.05, 0.1) is 6.42 Å². The Morgan fingerprint density at radius 3 is 2.23 bits per heavy atom. The van der Waals surface area contributed by atoms with Crippen LogP contribution in [0.3, 0.4) is 0 Å². The molecule has 0 saturated heterocycles. The Labute approximate surface area is 124 Å². The standard InChI is InChI=1S/C14H15F4NO3/c1-8(9-2-4-10(15)5-3-9)6-12(20)19-11(13(21)22)7-14(16,17)18/h2-5,8,11H,6-7H2,1H3,(H,19,20)(H,21,22). The van der Waals surface area contributed by atoms with E-state index >= 15 is 0 Å². The molecule has 0 aliphatic heterocycles. The average Bonchev–Trinajstić information content (AvgIpc) is 2.36. The van der Waals surface area contributed by atoms with Gasteiger partial charge in [-0.15, -0.1) is 0 Å². The molecule has 2 N–H and O–H groups in total. The zero-order valence-corrected chi connectivity index (χ0v) is 11.7. The second kappa shape index (κ2) is 7.24. The van der Waals surface area contributed by atoms with Crippen LogP contribution in [0, 0.1) is 5.82 Å². The van der Waals surface area contributed by atoms with E-state index < -0.39 is 36.3 Å². The highest BCUT2D eigenvalue weighted by Crippen LogP contribution is 2.23. The largest absolute Gasteiger partial charge is 0.480 e. The first-order valence-electron chi connectivity index (χ1n) is 6.43. The number of carboxylic acids is 1. The van der Waals surface area contributed by atoms with Crippen molar-refractivity contribution in [2.45, 2.75) is 37.9 Å². The molecule has 0 bridgehead atoms. The van der Waals surface area contributed by atoms with Crippen molar-refractivity contribution >= 4 is 11.9 Å². The maximum atomic E-state index is 12.8. The molecule has 2 atom stereocenters. The highest BCUT2D eigenvalue weighted by Gasteiger charge is 2.36. The van der Waals surface area contributed by atoms with E-state index in [2.05, 4.69) is 0 Å². The van der Waals surface area contributed by atoms with Gasteiger partial charge in [-0.05, 0) is 23.6 Å². The lowest BCUT2D eigenvalue weighted by Crippen LogP contribution is -2.43. The van der Waals surface area contributed by atoms with Crippen molar-refractivity contribution in [3.05, 3.63) is 35.6 Å². The molecule has 0 saturated carbocycles. The summed E-state index contributed by atoms with van der Waals surface area (Å²) >= 11 is 0. The maximum absolute atomic E-state index is 12.8. The molecule has 1 rings (SSSR count). The van der Waals surface area contributed by atoms with Crippen molar-refractivity contribution in [2.75, 3.05) is 0 Å². The van der Waals surface area contributed by atoms with Crippen molar-refractivity contribution in [2.24, 2.45) is 0 Å². The van der Waals surface area contributed by atoms with Gasteiger partial charge < -0.3 is 10.4 Å². The number of aliphatic carboxylic acids is 1. The molecule has 2 unspecified atom stereocenters. The van der Waals surface area contributed by atoms with Gasteiger partial charge in [0.15, 0.2) is 0 Å². The van der Waals surface area contributed by atoms with Crippen LogP contribution in [0.2, 0.25) is 0 Å². The zero-order valence-electron chi connectivity index (χ0n) is 11.7. The minimum absolute atomic E-state index is 0.201. The molecule has 8 heteroatoms. The number of nitrogens with one attached hydrogen (secondary N) is 1. The Morgan fingerprint density at radius 1 is 1.23 bits per heavy atom. The summed E-state index contributed by atoms with van der Waals surface area (Å²) < 4.78 is 49.5. The third-order valence-corrected chi connectivity index (χ3v) is 3.00. The highest BCUT2D eigenvalue weighted by atomic mass is 19.4. The Balaban J connectivity index is 2.63. The first kappa shape index (κ1) is 17.9. The van der Waals surface area contributed by atoms with Gasteiger partial charge in [0.25, 0.3) is 0 Å². The molecule has 1 aromatic carbocycles. The van der Waals surface area contributed by atoms with Gasteiger partial charge in [-0.25, -0.2) is 9.18 Å². The third-order valence-electron chi connectivity index (χ3n) is 3.00. The zero-order chi connectivity index (χ0) is 16.9. The molecule has 0 aliphatic rings. The average molecular weight is 321 g/mol. The number of halogens is 4. The Kier molecular flexibility index (Phi) is 5.90. The number of carboxylic acid groups (broad SMARTS) is 1. The molecule has 0 aromatic heterocycles. The van der Waals surface area contributed by atoms with E-state index in [0.717, 1.165) is 0 Å². The molecule has 0 spiro atoms. The number of alkyl halides is 3. The van der Waals surface area contributed by atoms with Gasteiger partial charge in [-0.2, -0.15) is 13.2 Å². The van der Waals surface area contributed by atoms with Crippen LogP contribution in [-0.4, -0.2) is 29.2 Å². The monoisotopic (exact) mass is 321 g/mol. The summed E-state index contributed by atoms with van der Waals surface area (Å²) in [6.45, 7) is 1.63. The quantitative estimate of drug-likeness (QED) is 0.792. The highest BCUT2D eigenvalue weighted by molar-refractivity contribution is 5.84. The fourth-order valence-corrected chi connectivity index (χ4v) is 1.87. The van der Waals surface area contributed by atoms with Crippen molar-refractivity contribution in [1.29, 1.82) is 0 Å². The number of benzene rings is 1. The van der Waals surface area contributed by atoms with E-state index in [9.17, 15) is 27.2 Å². The summed E-state index contributed by atoms with van der Waals surface area (Å²) in [4.78, 5) is 22.4. The van der Waals surface area contributed by atoms with Gasteiger partial charge in [0.2, 0.25) is 5.91 Å². The van der Waals surface area contributed by atoms with Crippen LogP contribution in [-0.2, 0) is 9.59 Å². The number of amides is 1. The Bertz CT molecular complexity index is 528. The lowest BCUT2D eigenvalue weighted by Gasteiger charge is -2.18.